The normalized spacial score (nSPS) is 14.8. The van der Waals surface area contributed by atoms with Crippen LogP contribution in [0.3, 0.4) is 0 Å². The monoisotopic (exact) mass is 1910 g/mol. The number of piperazine rings is 1. The largest absolute Gasteiger partial charge is 0.494 e. The summed E-state index contributed by atoms with van der Waals surface area (Å²) in [5.41, 5.74) is 16.8. The second kappa shape index (κ2) is 55.5. The van der Waals surface area contributed by atoms with Gasteiger partial charge >= 0.3 is 6.09 Å². The summed E-state index contributed by atoms with van der Waals surface area (Å²) in [5.74, 6) is -5.64. The lowest BCUT2D eigenvalue weighted by molar-refractivity contribution is -0.141. The third-order valence-electron chi connectivity index (χ3n) is 22.0. The van der Waals surface area contributed by atoms with Crippen LogP contribution in [0.5, 0.6) is 11.5 Å². The van der Waals surface area contributed by atoms with Crippen LogP contribution in [0.4, 0.5) is 10.5 Å². The number of imidazole rings is 2. The highest BCUT2D eigenvalue weighted by Crippen LogP contribution is 2.30. The van der Waals surface area contributed by atoms with Crippen LogP contribution in [0.25, 0.3) is 22.1 Å². The number of fused-ring (bicyclic) bond motifs is 2. The molecular formula is C92H128N20O25. The Morgan fingerprint density at radius 2 is 1.03 bits per heavy atom. The molecule has 7 heterocycles. The SMILES string of the molecule is CCn1nc(C)cc1C(=O)N=c1[nH]c2cc(C(N)=O)cc(OC)c2n1C/C=C/Cn1c(=NC(=O)c2cc(C)nn2CC)[nH]c2cc(C(N)=O)cc(OCCCN3CCN(C(=O)OCc4ccc(NC(=O)[C@@H](NC(=O)[C@@H]5CCCN5C(=O)[C@H](C)NC(=O)CCOCCOCCOCCOCCOCCOCCOCCOCCOCCOCCNC(=O)CN5C(=O)C=CC5=O)C(C)C)cc4)CC3)c21. The number of nitrogens with one attached hydrogen (secondary N) is 6. The lowest BCUT2D eigenvalue weighted by Crippen LogP contribution is -2.56. The molecule has 7 aromatic rings. The van der Waals surface area contributed by atoms with Crippen molar-refractivity contribution in [3.63, 3.8) is 0 Å². The van der Waals surface area contributed by atoms with Crippen molar-refractivity contribution in [3.05, 3.63) is 136 Å². The summed E-state index contributed by atoms with van der Waals surface area (Å²) in [6, 6.07) is 13.5. The molecule has 3 aliphatic rings. The number of aromatic nitrogens is 8. The maximum absolute atomic E-state index is 14.1. The molecule has 3 atom stereocenters. The first-order valence-electron chi connectivity index (χ1n) is 46.0. The fourth-order valence-electron chi connectivity index (χ4n) is 15.0. The molecule has 3 aliphatic heterocycles. The van der Waals surface area contributed by atoms with Crippen LogP contribution in [-0.2, 0) is 118 Å². The summed E-state index contributed by atoms with van der Waals surface area (Å²) in [6.45, 7) is 23.2. The molecule has 2 fully saturated rings. The number of hydrogen-bond acceptors (Lipinski definition) is 28. The van der Waals surface area contributed by atoms with Crippen LogP contribution in [0.2, 0.25) is 0 Å². The number of H-pyrrole nitrogens is 2. The molecule has 10 N–H and O–H groups in total. The number of amides is 12. The van der Waals surface area contributed by atoms with Crippen molar-refractivity contribution >= 4 is 98.8 Å². The second-order valence-corrected chi connectivity index (χ2v) is 32.4. The Morgan fingerprint density at radius 3 is 1.50 bits per heavy atom. The van der Waals surface area contributed by atoms with Gasteiger partial charge in [-0.3, -0.25) is 71.9 Å². The molecule has 0 spiro atoms. The maximum atomic E-state index is 14.1. The highest BCUT2D eigenvalue weighted by atomic mass is 16.6. The third-order valence-corrected chi connectivity index (χ3v) is 22.0. The second-order valence-electron chi connectivity index (χ2n) is 32.4. The van der Waals surface area contributed by atoms with Crippen molar-refractivity contribution in [2.24, 2.45) is 27.4 Å². The molecular weight excluding hydrogens is 1790 g/mol. The number of rotatable bonds is 60. The van der Waals surface area contributed by atoms with Crippen molar-refractivity contribution in [1.82, 2.24) is 74.2 Å². The number of methoxy groups -OCH3 is 1. The van der Waals surface area contributed by atoms with Gasteiger partial charge < -0.3 is 123 Å². The molecule has 137 heavy (non-hydrogen) atoms. The first-order chi connectivity index (χ1) is 66.2. The number of allylic oxidation sites excluding steroid dienone is 2. The van der Waals surface area contributed by atoms with E-state index in [0.717, 1.165) is 17.1 Å². The first-order valence-corrected chi connectivity index (χ1v) is 46.0. The average molecular weight is 1910 g/mol. The first kappa shape index (κ1) is 106. The molecule has 12 amide bonds. The minimum absolute atomic E-state index is 0.0102. The molecule has 746 valence electrons. The molecule has 2 saturated heterocycles. The molecule has 10 rings (SSSR count). The zero-order chi connectivity index (χ0) is 98.1. The number of anilines is 1. The summed E-state index contributed by atoms with van der Waals surface area (Å²) >= 11 is 0. The predicted octanol–water partition coefficient (Wildman–Crippen LogP) is 2.14. The summed E-state index contributed by atoms with van der Waals surface area (Å²) in [4.78, 5) is 178. The number of likely N-dealkylation sites (tertiary alicyclic amines) is 1. The summed E-state index contributed by atoms with van der Waals surface area (Å²) in [7, 11) is 1.45. The van der Waals surface area contributed by atoms with E-state index in [4.69, 9.17) is 73.0 Å². The number of hydrogen-bond donors (Lipinski definition) is 8. The zero-order valence-corrected chi connectivity index (χ0v) is 79.0. The van der Waals surface area contributed by atoms with Crippen molar-refractivity contribution < 1.29 is 119 Å². The van der Waals surface area contributed by atoms with E-state index in [1.54, 1.807) is 113 Å². The number of aryl methyl sites for hydroxylation is 4. The highest BCUT2D eigenvalue weighted by molar-refractivity contribution is 6.14. The highest BCUT2D eigenvalue weighted by Gasteiger charge is 2.39. The number of ether oxygens (including phenoxy) is 13. The van der Waals surface area contributed by atoms with Crippen LogP contribution in [-0.4, -0.2) is 346 Å². The standard InChI is InChI=1S/C92H128N20O25/c1-9-111-72(53-62(5)103-111)86(120)101-90-98-69-55-66(83(93)117)57-74(125-8)81(69)108(90)25-11-12-26-109-82-70(99-91(109)102-87(121)73-54-63(6)104-112(73)10-2)56-67(84(94)118)58-75(82)136-32-14-24-105-28-30-106(31-29-105)92(124)137-60-65-16-18-68(19-17-65)97-88(122)80(61(3)4)100-85(119)71-15-13-27-107(71)89(123)64(7)96-76(113)22-33-126-35-37-128-39-41-130-43-45-132-47-49-134-51-52-135-50-48-133-46-44-131-42-40-129-38-36-127-34-23-95-77(114)59-110-78(115)20-21-79(110)116/h11-12,16-21,53-58,61,64,71,80H,9-10,13-15,22-52,59-60H2,1-8H3,(H2,93,117)(H2,94,118)(H,95,114)(H,96,113)(H,97,122)(H,100,119)(H,98,101,120)(H,99,102,121)/b12-11+/t64-,71-,80-/m0/s1. The number of imide groups is 1. The van der Waals surface area contributed by atoms with Crippen LogP contribution >= 0.6 is 0 Å². The van der Waals surface area contributed by atoms with E-state index in [-0.39, 0.29) is 123 Å². The van der Waals surface area contributed by atoms with Gasteiger partial charge in [0.2, 0.25) is 52.6 Å². The molecule has 0 radical (unpaired) electrons. The average Bonchev–Trinajstić information content (AvgIpc) is 1.62. The summed E-state index contributed by atoms with van der Waals surface area (Å²) < 4.78 is 79.7. The predicted molar refractivity (Wildman–Crippen MR) is 495 cm³/mol. The van der Waals surface area contributed by atoms with Gasteiger partial charge in [0.1, 0.15) is 65.2 Å². The lowest BCUT2D eigenvalue weighted by atomic mass is 10.0. The molecule has 0 unspecified atom stereocenters. The quantitative estimate of drug-likeness (QED) is 0.0154. The van der Waals surface area contributed by atoms with E-state index in [0.29, 0.717) is 222 Å². The Labute approximate surface area is 791 Å². The van der Waals surface area contributed by atoms with Gasteiger partial charge in [0.25, 0.3) is 23.6 Å². The minimum atomic E-state index is -0.969. The Balaban J connectivity index is 0.568. The molecule has 45 heteroatoms. The molecule has 4 aromatic heterocycles. The van der Waals surface area contributed by atoms with Crippen LogP contribution < -0.4 is 53.4 Å². The number of carbonyl (C=O) groups is 12. The molecule has 3 aromatic carbocycles. The molecule has 0 aliphatic carbocycles. The van der Waals surface area contributed by atoms with Crippen molar-refractivity contribution in [2.45, 2.75) is 125 Å². The Bertz CT molecular complexity index is 5430. The van der Waals surface area contributed by atoms with Gasteiger partial charge in [-0.25, -0.2) is 4.79 Å². The number of carbonyl (C=O) groups excluding carboxylic acids is 12. The van der Waals surface area contributed by atoms with E-state index < -0.39 is 89.2 Å². The van der Waals surface area contributed by atoms with Crippen molar-refractivity contribution in [3.8, 4) is 11.5 Å². The van der Waals surface area contributed by atoms with Crippen molar-refractivity contribution in [1.29, 1.82) is 0 Å². The van der Waals surface area contributed by atoms with Gasteiger partial charge in [-0.2, -0.15) is 20.2 Å². The Morgan fingerprint density at radius 1 is 0.562 bits per heavy atom. The molecule has 0 bridgehead atoms. The third kappa shape index (κ3) is 32.8. The van der Waals surface area contributed by atoms with Gasteiger partial charge in [-0.15, -0.1) is 0 Å². The van der Waals surface area contributed by atoms with Gasteiger partial charge in [0, 0.05) is 107 Å². The lowest BCUT2D eigenvalue weighted by Gasteiger charge is -2.34. The van der Waals surface area contributed by atoms with Gasteiger partial charge in [-0.1, -0.05) is 38.1 Å². The summed E-state index contributed by atoms with van der Waals surface area (Å²) in [6.07, 6.45) is 6.81. The zero-order valence-electron chi connectivity index (χ0n) is 79.0. The number of nitrogens with two attached hydrogens (primary N) is 2. The Hall–Kier alpha value is -12.7. The topological polar surface area (TPSA) is 540 Å². The molecule has 45 nitrogen and oxygen atoms in total. The number of aromatic amines is 2. The number of nitrogens with zero attached hydrogens (tertiary/aromatic N) is 12. The van der Waals surface area contributed by atoms with Gasteiger partial charge in [0.15, 0.2) is 0 Å². The maximum Gasteiger partial charge on any atom is 0.410 e. The minimum Gasteiger partial charge on any atom is -0.494 e. The number of benzene rings is 3. The fourth-order valence-corrected chi connectivity index (χ4v) is 15.0. The van der Waals surface area contributed by atoms with Crippen LogP contribution in [0.1, 0.15) is 119 Å². The van der Waals surface area contributed by atoms with E-state index >= 15 is 0 Å². The fraction of sp³-hybridized carbons (Fsp3) is 0.543. The van der Waals surface area contributed by atoms with E-state index in [1.807, 2.05) is 26.0 Å². The van der Waals surface area contributed by atoms with Gasteiger partial charge in [-0.05, 0) is 114 Å². The van der Waals surface area contributed by atoms with E-state index in [9.17, 15) is 57.5 Å². The van der Waals surface area contributed by atoms with Crippen LogP contribution in [0.15, 0.2) is 95.0 Å². The van der Waals surface area contributed by atoms with E-state index in [1.165, 1.54) is 18.1 Å². The number of primary amides is 2. The smallest absolute Gasteiger partial charge is 0.410 e. The van der Waals surface area contributed by atoms with Crippen LogP contribution in [0, 0.1) is 19.8 Å². The Kier molecular flexibility index (Phi) is 43.1. The molecule has 0 saturated carbocycles. The van der Waals surface area contributed by atoms with E-state index in [2.05, 4.69) is 56.3 Å². The van der Waals surface area contributed by atoms with Crippen molar-refractivity contribution in [2.75, 3.05) is 204 Å². The summed E-state index contributed by atoms with van der Waals surface area (Å²) in [5, 5.41) is 19.9. The van der Waals surface area contributed by atoms with Gasteiger partial charge in [0.05, 0.1) is 168 Å².